The molecule has 1 atom stereocenters. The van der Waals surface area contributed by atoms with Crippen molar-refractivity contribution in [1.82, 2.24) is 10.6 Å². The SMILES string of the molecule is C=CCNC(=O)C(C)Oc1ccc(CNC(C)C)cc1Cl. The minimum atomic E-state index is -0.609. The van der Waals surface area contributed by atoms with Crippen molar-refractivity contribution in [1.29, 1.82) is 0 Å². The number of amides is 1. The molecule has 0 saturated carbocycles. The first-order valence-electron chi connectivity index (χ1n) is 7.01. The number of carbonyl (C=O) groups is 1. The standard InChI is InChI=1S/C16H23ClN2O2/c1-5-8-18-16(20)12(4)21-15-7-6-13(9-14(15)17)10-19-11(2)3/h5-7,9,11-12,19H,1,8,10H2,2-4H3,(H,18,20). The smallest absolute Gasteiger partial charge is 0.261 e. The van der Waals surface area contributed by atoms with E-state index in [-0.39, 0.29) is 5.91 Å². The van der Waals surface area contributed by atoms with Crippen LogP contribution in [-0.4, -0.2) is 24.6 Å². The van der Waals surface area contributed by atoms with E-state index >= 15 is 0 Å². The lowest BCUT2D eigenvalue weighted by molar-refractivity contribution is -0.127. The summed E-state index contributed by atoms with van der Waals surface area (Å²) >= 11 is 6.20. The van der Waals surface area contributed by atoms with Crippen molar-refractivity contribution in [3.63, 3.8) is 0 Å². The van der Waals surface area contributed by atoms with Gasteiger partial charge in [-0.1, -0.05) is 37.6 Å². The van der Waals surface area contributed by atoms with Crippen LogP contribution in [0.5, 0.6) is 5.75 Å². The van der Waals surface area contributed by atoms with E-state index in [1.165, 1.54) is 0 Å². The zero-order valence-corrected chi connectivity index (χ0v) is 13.5. The van der Waals surface area contributed by atoms with E-state index in [2.05, 4.69) is 31.1 Å². The van der Waals surface area contributed by atoms with Crippen molar-refractivity contribution in [2.75, 3.05) is 6.54 Å². The van der Waals surface area contributed by atoms with Crippen LogP contribution < -0.4 is 15.4 Å². The number of nitrogens with one attached hydrogen (secondary N) is 2. The Morgan fingerprint density at radius 2 is 2.14 bits per heavy atom. The average Bonchev–Trinajstić information content (AvgIpc) is 2.44. The second-order valence-corrected chi connectivity index (χ2v) is 5.50. The van der Waals surface area contributed by atoms with Crippen LogP contribution in [0.3, 0.4) is 0 Å². The molecule has 1 aromatic rings. The van der Waals surface area contributed by atoms with Crippen molar-refractivity contribution >= 4 is 17.5 Å². The van der Waals surface area contributed by atoms with Gasteiger partial charge in [0.25, 0.3) is 5.91 Å². The van der Waals surface area contributed by atoms with Gasteiger partial charge in [0, 0.05) is 19.1 Å². The lowest BCUT2D eigenvalue weighted by Gasteiger charge is -2.16. The molecule has 0 aliphatic heterocycles. The quantitative estimate of drug-likeness (QED) is 0.726. The molecule has 0 radical (unpaired) electrons. The maximum Gasteiger partial charge on any atom is 0.261 e. The molecule has 116 valence electrons. The van der Waals surface area contributed by atoms with Crippen LogP contribution in [0.1, 0.15) is 26.3 Å². The second-order valence-electron chi connectivity index (χ2n) is 5.09. The van der Waals surface area contributed by atoms with Gasteiger partial charge < -0.3 is 15.4 Å². The number of carbonyl (C=O) groups excluding carboxylic acids is 1. The summed E-state index contributed by atoms with van der Waals surface area (Å²) in [5, 5.41) is 6.50. The van der Waals surface area contributed by atoms with Crippen LogP contribution >= 0.6 is 11.6 Å². The Labute approximate surface area is 131 Å². The van der Waals surface area contributed by atoms with Crippen LogP contribution in [0, 0.1) is 0 Å². The minimum Gasteiger partial charge on any atom is -0.479 e. The number of hydrogen-bond acceptors (Lipinski definition) is 3. The summed E-state index contributed by atoms with van der Waals surface area (Å²) < 4.78 is 5.59. The number of rotatable bonds is 8. The van der Waals surface area contributed by atoms with Crippen LogP contribution in [0.25, 0.3) is 0 Å². The molecule has 0 aromatic heterocycles. The van der Waals surface area contributed by atoms with E-state index in [0.29, 0.717) is 23.4 Å². The van der Waals surface area contributed by atoms with E-state index in [1.807, 2.05) is 12.1 Å². The summed E-state index contributed by atoms with van der Waals surface area (Å²) in [5.74, 6) is 0.308. The molecule has 4 nitrogen and oxygen atoms in total. The molecular weight excluding hydrogens is 288 g/mol. The van der Waals surface area contributed by atoms with Crippen LogP contribution in [0.4, 0.5) is 0 Å². The Bertz CT molecular complexity index is 489. The highest BCUT2D eigenvalue weighted by atomic mass is 35.5. The van der Waals surface area contributed by atoms with Crippen molar-refractivity contribution in [2.24, 2.45) is 0 Å². The first-order valence-corrected chi connectivity index (χ1v) is 7.39. The van der Waals surface area contributed by atoms with E-state index in [4.69, 9.17) is 16.3 Å². The van der Waals surface area contributed by atoms with Crippen molar-refractivity contribution < 1.29 is 9.53 Å². The third kappa shape index (κ3) is 6.19. The lowest BCUT2D eigenvalue weighted by Crippen LogP contribution is -2.36. The molecular formula is C16H23ClN2O2. The van der Waals surface area contributed by atoms with Gasteiger partial charge in [-0.3, -0.25) is 4.79 Å². The molecule has 0 aliphatic carbocycles. The normalized spacial score (nSPS) is 12.0. The summed E-state index contributed by atoms with van der Waals surface area (Å²) in [7, 11) is 0. The monoisotopic (exact) mass is 310 g/mol. The van der Waals surface area contributed by atoms with Gasteiger partial charge in [-0.25, -0.2) is 0 Å². The molecule has 2 N–H and O–H groups in total. The highest BCUT2D eigenvalue weighted by Crippen LogP contribution is 2.26. The molecule has 0 bridgehead atoms. The average molecular weight is 311 g/mol. The van der Waals surface area contributed by atoms with Gasteiger partial charge in [-0.15, -0.1) is 6.58 Å². The van der Waals surface area contributed by atoms with Gasteiger partial charge in [0.2, 0.25) is 0 Å². The lowest BCUT2D eigenvalue weighted by atomic mass is 10.2. The van der Waals surface area contributed by atoms with Gasteiger partial charge in [-0.2, -0.15) is 0 Å². The Hall–Kier alpha value is -1.52. The number of benzene rings is 1. The number of halogens is 1. The zero-order valence-electron chi connectivity index (χ0n) is 12.8. The topological polar surface area (TPSA) is 50.4 Å². The van der Waals surface area contributed by atoms with Crippen LogP contribution in [0.15, 0.2) is 30.9 Å². The van der Waals surface area contributed by atoms with Crippen molar-refractivity contribution in [3.05, 3.63) is 41.4 Å². The van der Waals surface area contributed by atoms with Crippen molar-refractivity contribution in [2.45, 2.75) is 39.5 Å². The fourth-order valence-electron chi connectivity index (χ4n) is 1.63. The van der Waals surface area contributed by atoms with Crippen molar-refractivity contribution in [3.8, 4) is 5.75 Å². The minimum absolute atomic E-state index is 0.198. The number of hydrogen-bond donors (Lipinski definition) is 2. The Morgan fingerprint density at radius 1 is 1.43 bits per heavy atom. The summed E-state index contributed by atoms with van der Waals surface area (Å²) in [5.41, 5.74) is 1.07. The summed E-state index contributed by atoms with van der Waals surface area (Å²) in [6.45, 7) is 10.6. The van der Waals surface area contributed by atoms with E-state index in [1.54, 1.807) is 19.1 Å². The Kier molecular flexibility index (Phi) is 7.26. The summed E-state index contributed by atoms with van der Waals surface area (Å²) in [6, 6.07) is 5.98. The maximum atomic E-state index is 11.7. The molecule has 0 aliphatic rings. The maximum absolute atomic E-state index is 11.7. The molecule has 1 amide bonds. The molecule has 1 rings (SSSR count). The zero-order chi connectivity index (χ0) is 15.8. The molecule has 1 unspecified atom stereocenters. The van der Waals surface area contributed by atoms with E-state index in [0.717, 1.165) is 12.1 Å². The first-order chi connectivity index (χ1) is 9.93. The predicted molar refractivity (Wildman–Crippen MR) is 86.7 cm³/mol. The van der Waals surface area contributed by atoms with Gasteiger partial charge in [0.1, 0.15) is 5.75 Å². The molecule has 0 fully saturated rings. The molecule has 0 spiro atoms. The number of ether oxygens (including phenoxy) is 1. The second kappa shape index (κ2) is 8.70. The van der Waals surface area contributed by atoms with Gasteiger partial charge in [0.15, 0.2) is 6.10 Å². The van der Waals surface area contributed by atoms with Crippen LogP contribution in [-0.2, 0) is 11.3 Å². The molecule has 1 aromatic carbocycles. The Morgan fingerprint density at radius 3 is 2.71 bits per heavy atom. The third-order valence-corrected chi connectivity index (χ3v) is 3.10. The Balaban J connectivity index is 2.63. The summed E-state index contributed by atoms with van der Waals surface area (Å²) in [6.07, 6.45) is 1.01. The molecule has 0 heterocycles. The molecule has 5 heteroatoms. The highest BCUT2D eigenvalue weighted by molar-refractivity contribution is 6.32. The van der Waals surface area contributed by atoms with E-state index < -0.39 is 6.10 Å². The van der Waals surface area contributed by atoms with Gasteiger partial charge in [-0.05, 0) is 24.6 Å². The summed E-state index contributed by atoms with van der Waals surface area (Å²) in [4.78, 5) is 11.7. The van der Waals surface area contributed by atoms with E-state index in [9.17, 15) is 4.79 Å². The fourth-order valence-corrected chi connectivity index (χ4v) is 1.88. The highest BCUT2D eigenvalue weighted by Gasteiger charge is 2.15. The predicted octanol–water partition coefficient (Wildman–Crippen LogP) is 2.91. The largest absolute Gasteiger partial charge is 0.479 e. The first kappa shape index (κ1) is 17.5. The molecule has 0 saturated heterocycles. The third-order valence-electron chi connectivity index (χ3n) is 2.80. The van der Waals surface area contributed by atoms with Crippen LogP contribution in [0.2, 0.25) is 5.02 Å². The van der Waals surface area contributed by atoms with Gasteiger partial charge in [0.05, 0.1) is 5.02 Å². The van der Waals surface area contributed by atoms with Gasteiger partial charge >= 0.3 is 0 Å². The molecule has 21 heavy (non-hydrogen) atoms. The fraction of sp³-hybridized carbons (Fsp3) is 0.438.